The number of hydrogen-bond acceptors (Lipinski definition) is 2. The first-order chi connectivity index (χ1) is 9.69. The predicted octanol–water partition coefficient (Wildman–Crippen LogP) is 4.06. The van der Waals surface area contributed by atoms with Crippen molar-refractivity contribution in [2.45, 2.75) is 78.2 Å². The van der Waals surface area contributed by atoms with E-state index < -0.39 is 0 Å². The fraction of sp³-hybridized carbons (Fsp3) is 1.00. The van der Waals surface area contributed by atoms with Crippen molar-refractivity contribution in [2.24, 2.45) is 11.3 Å². The zero-order valence-electron chi connectivity index (χ0n) is 14.1. The van der Waals surface area contributed by atoms with Gasteiger partial charge in [0, 0.05) is 12.6 Å². The number of hydrogen-bond donors (Lipinski definition) is 1. The summed E-state index contributed by atoms with van der Waals surface area (Å²) in [7, 11) is 0. The highest BCUT2D eigenvalue weighted by Crippen LogP contribution is 2.46. The summed E-state index contributed by atoms with van der Waals surface area (Å²) >= 11 is 0. The zero-order valence-corrected chi connectivity index (χ0v) is 14.1. The van der Waals surface area contributed by atoms with E-state index in [1.807, 2.05) is 0 Å². The third-order valence-corrected chi connectivity index (χ3v) is 6.02. The largest absolute Gasteiger partial charge is 0.312 e. The maximum Gasteiger partial charge on any atom is 0.0220 e. The first kappa shape index (κ1) is 16.3. The Morgan fingerprint density at radius 2 is 1.70 bits per heavy atom. The second-order valence-corrected chi connectivity index (χ2v) is 7.45. The Balaban J connectivity index is 1.79. The van der Waals surface area contributed by atoms with Crippen LogP contribution >= 0.6 is 0 Å². The number of nitrogens with one attached hydrogen (secondary N) is 1. The Hall–Kier alpha value is -0.0800. The van der Waals surface area contributed by atoms with Crippen LogP contribution in [-0.4, -0.2) is 37.1 Å². The van der Waals surface area contributed by atoms with E-state index in [4.69, 9.17) is 0 Å². The monoisotopic (exact) mass is 280 g/mol. The molecule has 1 spiro atoms. The standard InChI is InChI=1S/C18H36N2/c1-4-12-19-17(16(3)5-2)15-20-13-10-18(11-14-20)8-6-7-9-18/h16-17,19H,4-15H2,1-3H3. The number of nitrogens with zero attached hydrogens (tertiary/aromatic N) is 1. The maximum atomic E-state index is 3.79. The molecule has 20 heavy (non-hydrogen) atoms. The molecule has 1 saturated carbocycles. The van der Waals surface area contributed by atoms with Crippen LogP contribution in [0.5, 0.6) is 0 Å². The maximum absolute atomic E-state index is 3.79. The Bertz CT molecular complexity index is 261. The van der Waals surface area contributed by atoms with E-state index in [0.717, 1.165) is 11.3 Å². The molecule has 2 fully saturated rings. The van der Waals surface area contributed by atoms with Crippen molar-refractivity contribution >= 4 is 0 Å². The summed E-state index contributed by atoms with van der Waals surface area (Å²) < 4.78 is 0. The molecule has 0 radical (unpaired) electrons. The second-order valence-electron chi connectivity index (χ2n) is 7.45. The van der Waals surface area contributed by atoms with Crippen LogP contribution in [0.3, 0.4) is 0 Å². The Labute approximate surface area is 126 Å². The van der Waals surface area contributed by atoms with E-state index in [0.29, 0.717) is 6.04 Å². The lowest BCUT2D eigenvalue weighted by Gasteiger charge is -2.41. The summed E-state index contributed by atoms with van der Waals surface area (Å²) in [5, 5.41) is 3.79. The van der Waals surface area contributed by atoms with Gasteiger partial charge in [-0.3, -0.25) is 0 Å². The average Bonchev–Trinajstić information content (AvgIpc) is 2.93. The minimum atomic E-state index is 0.692. The van der Waals surface area contributed by atoms with Gasteiger partial charge in [-0.25, -0.2) is 0 Å². The highest BCUT2D eigenvalue weighted by Gasteiger charge is 2.37. The molecule has 2 unspecified atom stereocenters. The molecule has 0 aromatic heterocycles. The minimum absolute atomic E-state index is 0.692. The molecule has 2 heteroatoms. The third-order valence-electron chi connectivity index (χ3n) is 6.02. The summed E-state index contributed by atoms with van der Waals surface area (Å²) in [5.74, 6) is 0.795. The van der Waals surface area contributed by atoms with Gasteiger partial charge in [0.1, 0.15) is 0 Å². The van der Waals surface area contributed by atoms with Crippen LogP contribution in [-0.2, 0) is 0 Å². The smallest absolute Gasteiger partial charge is 0.0220 e. The summed E-state index contributed by atoms with van der Waals surface area (Å²) in [5.41, 5.74) is 0.763. The molecule has 0 bridgehead atoms. The van der Waals surface area contributed by atoms with Crippen LogP contribution in [0.2, 0.25) is 0 Å². The third kappa shape index (κ3) is 4.21. The van der Waals surface area contributed by atoms with Gasteiger partial charge in [0.05, 0.1) is 0 Å². The molecule has 2 aliphatic rings. The fourth-order valence-corrected chi connectivity index (χ4v) is 4.17. The quantitative estimate of drug-likeness (QED) is 0.756. The zero-order chi connectivity index (χ0) is 14.4. The van der Waals surface area contributed by atoms with Crippen molar-refractivity contribution in [3.05, 3.63) is 0 Å². The molecule has 1 saturated heterocycles. The average molecular weight is 280 g/mol. The van der Waals surface area contributed by atoms with Crippen LogP contribution in [0.1, 0.15) is 72.1 Å². The SMILES string of the molecule is CCCNC(CN1CCC2(CCCC2)CC1)C(C)CC. The molecule has 118 valence electrons. The highest BCUT2D eigenvalue weighted by molar-refractivity contribution is 4.90. The summed E-state index contributed by atoms with van der Waals surface area (Å²) in [6, 6.07) is 0.692. The van der Waals surface area contributed by atoms with Crippen LogP contribution in [0.25, 0.3) is 0 Å². The van der Waals surface area contributed by atoms with Gasteiger partial charge in [-0.1, -0.05) is 40.0 Å². The lowest BCUT2D eigenvalue weighted by molar-refractivity contribution is 0.0937. The Morgan fingerprint density at radius 1 is 1.05 bits per heavy atom. The first-order valence-corrected chi connectivity index (χ1v) is 9.15. The number of rotatable bonds is 7. The summed E-state index contributed by atoms with van der Waals surface area (Å²) in [6.07, 6.45) is 11.5. The van der Waals surface area contributed by atoms with Crippen molar-refractivity contribution in [2.75, 3.05) is 26.2 Å². The van der Waals surface area contributed by atoms with E-state index >= 15 is 0 Å². The van der Waals surface area contributed by atoms with Crippen molar-refractivity contribution in [1.82, 2.24) is 10.2 Å². The molecular weight excluding hydrogens is 244 g/mol. The molecule has 2 atom stereocenters. The van der Waals surface area contributed by atoms with Crippen LogP contribution in [0.4, 0.5) is 0 Å². The molecule has 1 aliphatic carbocycles. The number of likely N-dealkylation sites (tertiary alicyclic amines) is 1. The van der Waals surface area contributed by atoms with Crippen molar-refractivity contribution < 1.29 is 0 Å². The van der Waals surface area contributed by atoms with Crippen LogP contribution < -0.4 is 5.32 Å². The molecule has 2 rings (SSSR count). The van der Waals surface area contributed by atoms with Gasteiger partial charge < -0.3 is 10.2 Å². The lowest BCUT2D eigenvalue weighted by Crippen LogP contribution is -2.48. The highest BCUT2D eigenvalue weighted by atomic mass is 15.2. The molecular formula is C18H36N2. The Morgan fingerprint density at radius 3 is 2.25 bits per heavy atom. The van der Waals surface area contributed by atoms with E-state index in [2.05, 4.69) is 31.0 Å². The number of piperidine rings is 1. The molecule has 1 N–H and O–H groups in total. The van der Waals surface area contributed by atoms with Crippen LogP contribution in [0, 0.1) is 11.3 Å². The predicted molar refractivity (Wildman–Crippen MR) is 88.1 cm³/mol. The van der Waals surface area contributed by atoms with Crippen molar-refractivity contribution in [3.8, 4) is 0 Å². The van der Waals surface area contributed by atoms with E-state index in [1.54, 1.807) is 0 Å². The van der Waals surface area contributed by atoms with Crippen molar-refractivity contribution in [3.63, 3.8) is 0 Å². The van der Waals surface area contributed by atoms with Crippen LogP contribution in [0.15, 0.2) is 0 Å². The van der Waals surface area contributed by atoms with Gasteiger partial charge in [0.2, 0.25) is 0 Å². The topological polar surface area (TPSA) is 15.3 Å². The summed E-state index contributed by atoms with van der Waals surface area (Å²) in [6.45, 7) is 12.1. The van der Waals surface area contributed by atoms with Crippen molar-refractivity contribution in [1.29, 1.82) is 0 Å². The molecule has 0 amide bonds. The van der Waals surface area contributed by atoms with Gasteiger partial charge in [-0.15, -0.1) is 0 Å². The Kier molecular flexibility index (Phi) is 6.35. The van der Waals surface area contributed by atoms with Gasteiger partial charge in [0.15, 0.2) is 0 Å². The molecule has 0 aromatic rings. The second kappa shape index (κ2) is 7.79. The molecule has 1 aliphatic heterocycles. The molecule has 1 heterocycles. The van der Waals surface area contributed by atoms with Gasteiger partial charge >= 0.3 is 0 Å². The van der Waals surface area contributed by atoms with E-state index in [1.165, 1.54) is 77.5 Å². The van der Waals surface area contributed by atoms with Gasteiger partial charge in [0.25, 0.3) is 0 Å². The fourth-order valence-electron chi connectivity index (χ4n) is 4.17. The van der Waals surface area contributed by atoms with E-state index in [-0.39, 0.29) is 0 Å². The minimum Gasteiger partial charge on any atom is -0.312 e. The first-order valence-electron chi connectivity index (χ1n) is 9.15. The van der Waals surface area contributed by atoms with E-state index in [9.17, 15) is 0 Å². The normalized spacial score (nSPS) is 25.9. The molecule has 2 nitrogen and oxygen atoms in total. The molecule has 0 aromatic carbocycles. The summed E-state index contributed by atoms with van der Waals surface area (Å²) in [4.78, 5) is 2.74. The lowest BCUT2D eigenvalue weighted by atomic mass is 9.77. The van der Waals surface area contributed by atoms with Gasteiger partial charge in [-0.05, 0) is 63.1 Å². The van der Waals surface area contributed by atoms with Gasteiger partial charge in [-0.2, -0.15) is 0 Å².